The minimum atomic E-state index is 0.538. The molecule has 5 heteroatoms. The summed E-state index contributed by atoms with van der Waals surface area (Å²) in [6.07, 6.45) is 9.76. The number of nitrogens with zero attached hydrogens (tertiary/aromatic N) is 3. The number of hydrogen-bond acceptors (Lipinski definition) is 4. The maximum absolute atomic E-state index is 6.16. The Morgan fingerprint density at radius 1 is 1.17 bits per heavy atom. The van der Waals surface area contributed by atoms with Crippen molar-refractivity contribution in [3.63, 3.8) is 0 Å². The smallest absolute Gasteiger partial charge is 0.151 e. The van der Waals surface area contributed by atoms with Gasteiger partial charge in [-0.1, -0.05) is 32.6 Å². The van der Waals surface area contributed by atoms with E-state index >= 15 is 0 Å². The van der Waals surface area contributed by atoms with Crippen molar-refractivity contribution in [3.05, 3.63) is 17.1 Å². The largest absolute Gasteiger partial charge is 0.382 e. The number of imidazole rings is 1. The van der Waals surface area contributed by atoms with Crippen molar-refractivity contribution in [2.75, 3.05) is 11.2 Å². The number of anilines is 1. The molecule has 3 rings (SSSR count). The van der Waals surface area contributed by atoms with E-state index < -0.39 is 0 Å². The second kappa shape index (κ2) is 6.77. The van der Waals surface area contributed by atoms with Crippen LogP contribution in [0.2, 0.25) is 0 Å². The normalized spacial score (nSPS) is 16.1. The average molecular weight is 315 g/mol. The zero-order valence-corrected chi connectivity index (χ0v) is 14.7. The van der Waals surface area contributed by atoms with Gasteiger partial charge in [-0.3, -0.25) is 0 Å². The third-order valence-electron chi connectivity index (χ3n) is 5.05. The third-order valence-corrected chi connectivity index (χ3v) is 5.05. The first kappa shape index (κ1) is 16.1. The number of pyridine rings is 1. The molecule has 1 aliphatic rings. The fourth-order valence-electron chi connectivity index (χ4n) is 3.54. The highest BCUT2D eigenvalue weighted by Crippen LogP contribution is 2.27. The summed E-state index contributed by atoms with van der Waals surface area (Å²) in [6, 6.07) is 0.538. The number of nitrogens with two attached hydrogens (primary N) is 1. The molecule has 0 atom stereocenters. The number of fused-ring (bicyclic) bond motifs is 1. The Bertz CT molecular complexity index is 683. The van der Waals surface area contributed by atoms with Gasteiger partial charge in [-0.25, -0.2) is 14.6 Å². The van der Waals surface area contributed by atoms with Gasteiger partial charge in [-0.2, -0.15) is 0 Å². The van der Waals surface area contributed by atoms with Crippen molar-refractivity contribution < 1.29 is 0 Å². The zero-order valence-electron chi connectivity index (χ0n) is 14.7. The number of hydrogen-bond donors (Lipinski definition) is 2. The van der Waals surface area contributed by atoms with Gasteiger partial charge in [0.2, 0.25) is 0 Å². The quantitative estimate of drug-likeness (QED) is 0.879. The van der Waals surface area contributed by atoms with Gasteiger partial charge in [-0.15, -0.1) is 0 Å². The molecule has 2 heterocycles. The monoisotopic (exact) mass is 315 g/mol. The van der Waals surface area contributed by atoms with Gasteiger partial charge in [-0.05, 0) is 38.7 Å². The van der Waals surface area contributed by atoms with Crippen LogP contribution < -0.4 is 11.2 Å². The Morgan fingerprint density at radius 3 is 2.61 bits per heavy atom. The number of aromatic nitrogens is 3. The van der Waals surface area contributed by atoms with Crippen LogP contribution in [0, 0.1) is 13.8 Å². The van der Waals surface area contributed by atoms with E-state index in [0.29, 0.717) is 11.9 Å². The Hall–Kier alpha value is -1.78. The topological polar surface area (TPSA) is 68.8 Å². The van der Waals surface area contributed by atoms with Crippen molar-refractivity contribution in [2.24, 2.45) is 0 Å². The molecule has 0 bridgehead atoms. The molecule has 126 valence electrons. The lowest BCUT2D eigenvalue weighted by Crippen LogP contribution is -2.31. The third kappa shape index (κ3) is 3.14. The van der Waals surface area contributed by atoms with E-state index in [9.17, 15) is 0 Å². The summed E-state index contributed by atoms with van der Waals surface area (Å²) in [6.45, 7) is 6.36. The molecule has 1 saturated carbocycles. The lowest BCUT2D eigenvalue weighted by atomic mass is 9.96. The van der Waals surface area contributed by atoms with Crippen LogP contribution in [-0.4, -0.2) is 20.7 Å². The van der Waals surface area contributed by atoms with Crippen LogP contribution in [0.5, 0.6) is 0 Å². The molecule has 1 fully saturated rings. The highest BCUT2D eigenvalue weighted by molar-refractivity contribution is 5.88. The molecule has 2 aromatic rings. The van der Waals surface area contributed by atoms with Gasteiger partial charge in [0.1, 0.15) is 11.3 Å². The second-order valence-corrected chi connectivity index (χ2v) is 6.84. The number of nitrogen functional groups attached to an aromatic ring is 1. The second-order valence-electron chi connectivity index (χ2n) is 6.84. The Kier molecular flexibility index (Phi) is 4.74. The van der Waals surface area contributed by atoms with Crippen LogP contribution in [-0.2, 0) is 6.42 Å². The number of aryl methyl sites for hydroxylation is 3. The fraction of sp³-hybridized carbons (Fsp3) is 0.667. The molecule has 0 radical (unpaired) electrons. The van der Waals surface area contributed by atoms with Crippen molar-refractivity contribution in [2.45, 2.75) is 78.2 Å². The summed E-state index contributed by atoms with van der Waals surface area (Å²) in [5, 5.41) is 0. The van der Waals surface area contributed by atoms with Gasteiger partial charge >= 0.3 is 0 Å². The van der Waals surface area contributed by atoms with E-state index in [2.05, 4.69) is 28.9 Å². The lowest BCUT2D eigenvalue weighted by molar-refractivity contribution is 0.437. The summed E-state index contributed by atoms with van der Waals surface area (Å²) in [4.78, 5) is 9.29. The van der Waals surface area contributed by atoms with E-state index in [4.69, 9.17) is 10.7 Å². The van der Waals surface area contributed by atoms with Crippen molar-refractivity contribution in [1.29, 1.82) is 0 Å². The number of unbranched alkanes of at least 4 members (excludes halogenated alkanes) is 1. The van der Waals surface area contributed by atoms with E-state index in [1.165, 1.54) is 44.1 Å². The minimum Gasteiger partial charge on any atom is -0.382 e. The Labute approximate surface area is 138 Å². The van der Waals surface area contributed by atoms with Crippen LogP contribution in [0.15, 0.2) is 0 Å². The molecular formula is C18H29N5. The maximum atomic E-state index is 6.16. The van der Waals surface area contributed by atoms with Gasteiger partial charge in [0.05, 0.1) is 5.52 Å². The molecule has 0 saturated heterocycles. The molecule has 1 aliphatic carbocycles. The molecule has 0 aliphatic heterocycles. The first-order valence-electron chi connectivity index (χ1n) is 9.02. The summed E-state index contributed by atoms with van der Waals surface area (Å²) in [5.41, 5.74) is 14.0. The van der Waals surface area contributed by atoms with E-state index in [1.54, 1.807) is 0 Å². The van der Waals surface area contributed by atoms with E-state index in [0.717, 1.165) is 35.4 Å². The number of nitrogens with one attached hydrogen (secondary N) is 1. The first-order valence-corrected chi connectivity index (χ1v) is 9.02. The molecular weight excluding hydrogens is 286 g/mol. The van der Waals surface area contributed by atoms with Crippen LogP contribution in [0.1, 0.15) is 69.0 Å². The van der Waals surface area contributed by atoms with Gasteiger partial charge in [0, 0.05) is 18.2 Å². The highest BCUT2D eigenvalue weighted by Gasteiger charge is 2.20. The highest BCUT2D eigenvalue weighted by atomic mass is 15.5. The summed E-state index contributed by atoms with van der Waals surface area (Å²) in [5.74, 6) is 1.64. The molecule has 2 aromatic heterocycles. The molecule has 3 N–H and O–H groups in total. The van der Waals surface area contributed by atoms with Gasteiger partial charge in [0.25, 0.3) is 0 Å². The standard InChI is InChI=1S/C18H29N5/c1-4-5-11-15-21-16-17(12(2)13(3)20-18(16)19)23(15)22-14-9-7-6-8-10-14/h14,22H,4-11H2,1-3H3,(H2,19,20). The SMILES string of the molecule is CCCCc1nc2c(N)nc(C)c(C)c2n1NC1CCCCC1. The minimum absolute atomic E-state index is 0.538. The van der Waals surface area contributed by atoms with Gasteiger partial charge < -0.3 is 11.2 Å². The van der Waals surface area contributed by atoms with E-state index in [-0.39, 0.29) is 0 Å². The molecule has 0 aromatic carbocycles. The maximum Gasteiger partial charge on any atom is 0.151 e. The van der Waals surface area contributed by atoms with Crippen molar-refractivity contribution in [1.82, 2.24) is 14.6 Å². The zero-order chi connectivity index (χ0) is 16.4. The van der Waals surface area contributed by atoms with Crippen LogP contribution >= 0.6 is 0 Å². The van der Waals surface area contributed by atoms with Crippen LogP contribution in [0.4, 0.5) is 5.82 Å². The van der Waals surface area contributed by atoms with Gasteiger partial charge in [0.15, 0.2) is 5.82 Å². The lowest BCUT2D eigenvalue weighted by Gasteiger charge is -2.26. The molecule has 23 heavy (non-hydrogen) atoms. The summed E-state index contributed by atoms with van der Waals surface area (Å²) in [7, 11) is 0. The predicted molar refractivity (Wildman–Crippen MR) is 96.3 cm³/mol. The predicted octanol–water partition coefficient (Wildman–Crippen LogP) is 3.85. The number of rotatable bonds is 5. The fourth-order valence-corrected chi connectivity index (χ4v) is 3.54. The van der Waals surface area contributed by atoms with Crippen molar-refractivity contribution in [3.8, 4) is 0 Å². The Balaban J connectivity index is 2.06. The Morgan fingerprint density at radius 2 is 1.91 bits per heavy atom. The first-order chi connectivity index (χ1) is 11.1. The summed E-state index contributed by atoms with van der Waals surface area (Å²) >= 11 is 0. The molecule has 0 unspecified atom stereocenters. The average Bonchev–Trinajstić information content (AvgIpc) is 2.91. The molecule has 5 nitrogen and oxygen atoms in total. The van der Waals surface area contributed by atoms with Crippen molar-refractivity contribution >= 4 is 16.9 Å². The molecule has 0 amide bonds. The molecule has 0 spiro atoms. The van der Waals surface area contributed by atoms with Crippen LogP contribution in [0.25, 0.3) is 11.0 Å². The van der Waals surface area contributed by atoms with Crippen LogP contribution in [0.3, 0.4) is 0 Å². The summed E-state index contributed by atoms with van der Waals surface area (Å²) < 4.78 is 2.22. The van der Waals surface area contributed by atoms with E-state index in [1.807, 2.05) is 6.92 Å².